The number of carboxylic acid groups (broad SMARTS) is 1. The molecule has 0 aliphatic rings. The molecule has 0 aliphatic carbocycles. The van der Waals surface area contributed by atoms with Crippen molar-refractivity contribution in [1.29, 1.82) is 0 Å². The van der Waals surface area contributed by atoms with E-state index in [4.69, 9.17) is 5.11 Å². The quantitative estimate of drug-likeness (QED) is 0.782. The summed E-state index contributed by atoms with van der Waals surface area (Å²) in [6, 6.07) is 4.90. The van der Waals surface area contributed by atoms with Gasteiger partial charge in [-0.2, -0.15) is 0 Å². The third-order valence-corrected chi connectivity index (χ3v) is 3.22. The van der Waals surface area contributed by atoms with Crippen molar-refractivity contribution >= 4 is 17.7 Å². The minimum absolute atomic E-state index is 0.391. The topological polar surface area (TPSA) is 78.4 Å². The smallest absolute Gasteiger partial charge is 0.319 e. The number of amides is 2. The molecule has 104 valence electrons. The molecule has 5 heteroatoms. The molecule has 0 spiro atoms. The summed E-state index contributed by atoms with van der Waals surface area (Å²) in [5.41, 5.74) is 2.69. The summed E-state index contributed by atoms with van der Waals surface area (Å²) in [4.78, 5) is 22.7. The van der Waals surface area contributed by atoms with Crippen LogP contribution in [0.25, 0.3) is 0 Å². The Kier molecular flexibility index (Phi) is 4.92. The summed E-state index contributed by atoms with van der Waals surface area (Å²) in [5, 5.41) is 14.3. The number of nitrogens with one attached hydrogen (secondary N) is 2. The van der Waals surface area contributed by atoms with Crippen molar-refractivity contribution in [3.63, 3.8) is 0 Å². The van der Waals surface area contributed by atoms with Gasteiger partial charge in [-0.3, -0.25) is 4.79 Å². The first-order valence-corrected chi connectivity index (χ1v) is 6.19. The Morgan fingerprint density at radius 2 is 1.68 bits per heavy atom. The van der Waals surface area contributed by atoms with Gasteiger partial charge in [0.25, 0.3) is 0 Å². The van der Waals surface area contributed by atoms with Gasteiger partial charge in [0.1, 0.15) is 0 Å². The van der Waals surface area contributed by atoms with Crippen LogP contribution < -0.4 is 10.6 Å². The van der Waals surface area contributed by atoms with Crippen LogP contribution in [0.2, 0.25) is 0 Å². The monoisotopic (exact) mass is 264 g/mol. The Bertz CT molecular complexity index is 465. The number of aryl methyl sites for hydroxylation is 2. The van der Waals surface area contributed by atoms with Gasteiger partial charge >= 0.3 is 12.0 Å². The van der Waals surface area contributed by atoms with Gasteiger partial charge in [-0.25, -0.2) is 4.79 Å². The molecule has 2 amide bonds. The second kappa shape index (κ2) is 6.22. The number of hydrogen-bond acceptors (Lipinski definition) is 2. The van der Waals surface area contributed by atoms with Gasteiger partial charge in [0.2, 0.25) is 0 Å². The molecule has 0 fully saturated rings. The molecule has 1 aromatic carbocycles. The molecule has 19 heavy (non-hydrogen) atoms. The van der Waals surface area contributed by atoms with Crippen LogP contribution >= 0.6 is 0 Å². The average molecular weight is 264 g/mol. The van der Waals surface area contributed by atoms with Crippen LogP contribution in [0.15, 0.2) is 18.2 Å². The molecule has 5 nitrogen and oxygen atoms in total. The first-order chi connectivity index (χ1) is 8.82. The fourth-order valence-corrected chi connectivity index (χ4v) is 1.71. The van der Waals surface area contributed by atoms with Crippen LogP contribution in [0.3, 0.4) is 0 Å². The second-order valence-corrected chi connectivity index (χ2v) is 4.78. The number of urea groups is 1. The summed E-state index contributed by atoms with van der Waals surface area (Å²) in [7, 11) is 0. The van der Waals surface area contributed by atoms with Gasteiger partial charge in [0.05, 0.1) is 5.92 Å². The average Bonchev–Trinajstić information content (AvgIpc) is 2.32. The van der Waals surface area contributed by atoms with Gasteiger partial charge < -0.3 is 15.7 Å². The first-order valence-electron chi connectivity index (χ1n) is 6.19. The summed E-state index contributed by atoms with van der Waals surface area (Å²) >= 11 is 0. The summed E-state index contributed by atoms with van der Waals surface area (Å²) in [6.07, 6.45) is 0. The predicted molar refractivity (Wildman–Crippen MR) is 74.3 cm³/mol. The van der Waals surface area contributed by atoms with E-state index in [-0.39, 0.29) is 0 Å². The van der Waals surface area contributed by atoms with Gasteiger partial charge in [-0.05, 0) is 38.8 Å². The molecule has 0 aliphatic heterocycles. The van der Waals surface area contributed by atoms with Crippen LogP contribution in [0.1, 0.15) is 25.0 Å². The van der Waals surface area contributed by atoms with E-state index in [2.05, 4.69) is 10.6 Å². The van der Waals surface area contributed by atoms with Crippen LogP contribution in [0.5, 0.6) is 0 Å². The van der Waals surface area contributed by atoms with Gasteiger partial charge in [0, 0.05) is 11.7 Å². The molecule has 0 saturated heterocycles. The number of carboxylic acids is 1. The normalized spacial score (nSPS) is 13.5. The summed E-state index contributed by atoms with van der Waals surface area (Å²) < 4.78 is 0. The van der Waals surface area contributed by atoms with Crippen molar-refractivity contribution in [2.24, 2.45) is 5.92 Å². The molecule has 0 heterocycles. The van der Waals surface area contributed by atoms with Crippen LogP contribution in [0, 0.1) is 19.8 Å². The minimum atomic E-state index is -0.931. The lowest BCUT2D eigenvalue weighted by Gasteiger charge is -2.19. The van der Waals surface area contributed by atoms with E-state index < -0.39 is 24.0 Å². The number of benzene rings is 1. The number of para-hydroxylation sites is 1. The Hall–Kier alpha value is -2.04. The molecule has 0 bridgehead atoms. The Morgan fingerprint density at radius 3 is 2.16 bits per heavy atom. The molecule has 1 aromatic rings. The molecule has 3 N–H and O–H groups in total. The summed E-state index contributed by atoms with van der Waals surface area (Å²) in [5.74, 6) is -1.57. The van der Waals surface area contributed by atoms with E-state index >= 15 is 0 Å². The zero-order valence-corrected chi connectivity index (χ0v) is 11.7. The zero-order chi connectivity index (χ0) is 14.6. The van der Waals surface area contributed by atoms with Crippen molar-refractivity contribution in [2.75, 3.05) is 5.32 Å². The van der Waals surface area contributed by atoms with E-state index in [0.29, 0.717) is 0 Å². The predicted octanol–water partition coefficient (Wildman–Crippen LogP) is 2.53. The van der Waals surface area contributed by atoms with Gasteiger partial charge in [-0.15, -0.1) is 0 Å². The van der Waals surface area contributed by atoms with E-state index in [1.165, 1.54) is 0 Å². The lowest BCUT2D eigenvalue weighted by atomic mass is 10.0. The second-order valence-electron chi connectivity index (χ2n) is 4.78. The first kappa shape index (κ1) is 15.0. The lowest BCUT2D eigenvalue weighted by Crippen LogP contribution is -2.42. The van der Waals surface area contributed by atoms with Crippen molar-refractivity contribution in [2.45, 2.75) is 33.7 Å². The number of carbonyl (C=O) groups excluding carboxylic acids is 1. The molecule has 0 aromatic heterocycles. The van der Waals surface area contributed by atoms with Crippen molar-refractivity contribution in [1.82, 2.24) is 5.32 Å². The Morgan fingerprint density at radius 1 is 1.16 bits per heavy atom. The highest BCUT2D eigenvalue weighted by Gasteiger charge is 2.21. The van der Waals surface area contributed by atoms with Crippen LogP contribution in [-0.4, -0.2) is 23.1 Å². The van der Waals surface area contributed by atoms with E-state index in [1.54, 1.807) is 13.8 Å². The summed E-state index contributed by atoms with van der Waals surface area (Å²) in [6.45, 7) is 7.05. The molecule has 2 unspecified atom stereocenters. The highest BCUT2D eigenvalue weighted by molar-refractivity contribution is 5.91. The Balaban J connectivity index is 2.68. The molecular weight excluding hydrogens is 244 g/mol. The van der Waals surface area contributed by atoms with Crippen molar-refractivity contribution < 1.29 is 14.7 Å². The Labute approximate surface area is 113 Å². The zero-order valence-electron chi connectivity index (χ0n) is 11.7. The van der Waals surface area contributed by atoms with E-state index in [1.807, 2.05) is 32.0 Å². The minimum Gasteiger partial charge on any atom is -0.481 e. The highest BCUT2D eigenvalue weighted by atomic mass is 16.4. The number of hydrogen-bond donors (Lipinski definition) is 3. The fraction of sp³-hybridized carbons (Fsp3) is 0.429. The molecule has 0 saturated carbocycles. The molecule has 0 radical (unpaired) electrons. The molecule has 1 rings (SSSR count). The van der Waals surface area contributed by atoms with E-state index in [0.717, 1.165) is 16.8 Å². The fourth-order valence-electron chi connectivity index (χ4n) is 1.71. The van der Waals surface area contributed by atoms with Crippen molar-refractivity contribution in [3.8, 4) is 0 Å². The van der Waals surface area contributed by atoms with Gasteiger partial charge in [-0.1, -0.05) is 18.2 Å². The maximum Gasteiger partial charge on any atom is 0.319 e. The maximum absolute atomic E-state index is 11.8. The SMILES string of the molecule is Cc1cccc(C)c1NC(=O)NC(C)C(C)C(=O)O. The van der Waals surface area contributed by atoms with E-state index in [9.17, 15) is 9.59 Å². The number of carbonyl (C=O) groups is 2. The third kappa shape index (κ3) is 3.98. The third-order valence-electron chi connectivity index (χ3n) is 3.22. The van der Waals surface area contributed by atoms with Gasteiger partial charge in [0.15, 0.2) is 0 Å². The van der Waals surface area contributed by atoms with Crippen molar-refractivity contribution in [3.05, 3.63) is 29.3 Å². The van der Waals surface area contributed by atoms with Crippen LogP contribution in [0.4, 0.5) is 10.5 Å². The number of anilines is 1. The standard InChI is InChI=1S/C14H20N2O3/c1-8-6-5-7-9(2)12(8)16-14(19)15-11(4)10(3)13(17)18/h5-7,10-11H,1-4H3,(H,17,18)(H2,15,16,19). The maximum atomic E-state index is 11.8. The molecule has 2 atom stereocenters. The lowest BCUT2D eigenvalue weighted by molar-refractivity contribution is -0.141. The number of aliphatic carboxylic acids is 1. The highest BCUT2D eigenvalue weighted by Crippen LogP contribution is 2.19. The van der Waals surface area contributed by atoms with Crippen LogP contribution in [-0.2, 0) is 4.79 Å². The molecular formula is C14H20N2O3. The largest absolute Gasteiger partial charge is 0.481 e. The number of rotatable bonds is 4.